The van der Waals surface area contributed by atoms with Crippen LogP contribution in [-0.4, -0.2) is 52.4 Å². The van der Waals surface area contributed by atoms with Gasteiger partial charge >= 0.3 is 11.7 Å². The molecule has 0 aliphatic carbocycles. The number of nitro benzene ring substituents is 1. The van der Waals surface area contributed by atoms with E-state index in [0.717, 1.165) is 11.5 Å². The highest BCUT2D eigenvalue weighted by Crippen LogP contribution is 2.36. The van der Waals surface area contributed by atoms with Gasteiger partial charge in [0.05, 0.1) is 49.5 Å². The molecule has 0 bridgehead atoms. The summed E-state index contributed by atoms with van der Waals surface area (Å²) in [7, 11) is -0.0496. The second-order valence-corrected chi connectivity index (χ2v) is 8.25. The van der Waals surface area contributed by atoms with E-state index in [1.54, 1.807) is 0 Å². The number of hydrogen-bond acceptors (Lipinski definition) is 9. The highest BCUT2D eigenvalue weighted by Gasteiger charge is 2.18. The van der Waals surface area contributed by atoms with Crippen molar-refractivity contribution in [3.05, 3.63) is 51.4 Å². The molecule has 0 aliphatic rings. The van der Waals surface area contributed by atoms with Crippen molar-refractivity contribution in [1.82, 2.24) is 0 Å². The number of anilines is 1. The Balaban J connectivity index is 2.26. The Hall–Kier alpha value is -4.00. The number of carbonyl (C=O) groups is 1. The van der Waals surface area contributed by atoms with E-state index in [0.29, 0.717) is 17.7 Å². The summed E-state index contributed by atoms with van der Waals surface area (Å²) in [5.74, 6) is -0.0949. The summed E-state index contributed by atoms with van der Waals surface area (Å²) in [6, 6.07) is 6.67. The maximum absolute atomic E-state index is 12.6. The number of benzene rings is 2. The van der Waals surface area contributed by atoms with Gasteiger partial charge in [-0.25, -0.2) is 8.42 Å². The molecule has 2 N–H and O–H groups in total. The molecule has 34 heavy (non-hydrogen) atoms. The van der Waals surface area contributed by atoms with Crippen LogP contribution in [0.25, 0.3) is 6.08 Å². The number of sulfonamides is 1. The molecule has 0 atom stereocenters. The molecule has 2 rings (SSSR count). The first-order valence-corrected chi connectivity index (χ1v) is 11.3. The van der Waals surface area contributed by atoms with E-state index in [-0.39, 0.29) is 36.0 Å². The Morgan fingerprint density at radius 1 is 1.09 bits per heavy atom. The minimum atomic E-state index is -4.07. The largest absolute Gasteiger partial charge is 0.496 e. The molecule has 184 valence electrons. The van der Waals surface area contributed by atoms with E-state index in [2.05, 4.69) is 4.72 Å². The van der Waals surface area contributed by atoms with Gasteiger partial charge in [0.15, 0.2) is 5.75 Å². The number of hydrogen-bond donors (Lipinski definition) is 2. The molecule has 0 unspecified atom stereocenters. The molecule has 0 radical (unpaired) electrons. The van der Waals surface area contributed by atoms with Crippen LogP contribution in [0.15, 0.2) is 35.7 Å². The number of carboxylic acids is 1. The van der Waals surface area contributed by atoms with E-state index in [1.807, 2.05) is 0 Å². The Morgan fingerprint density at radius 3 is 2.24 bits per heavy atom. The van der Waals surface area contributed by atoms with Gasteiger partial charge in [-0.1, -0.05) is 0 Å². The van der Waals surface area contributed by atoms with Crippen LogP contribution in [0.1, 0.15) is 18.4 Å². The lowest BCUT2D eigenvalue weighted by Gasteiger charge is -2.14. The zero-order chi connectivity index (χ0) is 25.3. The lowest BCUT2D eigenvalue weighted by atomic mass is 10.1. The van der Waals surface area contributed by atoms with Crippen LogP contribution in [0.5, 0.6) is 23.0 Å². The average Bonchev–Trinajstić information content (AvgIpc) is 2.79. The van der Waals surface area contributed by atoms with Crippen molar-refractivity contribution in [3.8, 4) is 23.0 Å². The van der Waals surface area contributed by atoms with Gasteiger partial charge in [0, 0.05) is 24.6 Å². The second kappa shape index (κ2) is 11.7. The number of nitrogens with one attached hydrogen (secondary N) is 1. The van der Waals surface area contributed by atoms with Gasteiger partial charge in [-0.2, -0.15) is 0 Å². The number of rotatable bonds is 13. The maximum Gasteiger partial charge on any atom is 0.312 e. The van der Waals surface area contributed by atoms with Crippen LogP contribution in [0, 0.1) is 10.1 Å². The van der Waals surface area contributed by atoms with Crippen LogP contribution in [0.2, 0.25) is 0 Å². The summed E-state index contributed by atoms with van der Waals surface area (Å²) >= 11 is 0. The summed E-state index contributed by atoms with van der Waals surface area (Å²) in [6.45, 7) is 0.153. The molecule has 0 saturated heterocycles. The summed E-state index contributed by atoms with van der Waals surface area (Å²) in [5.41, 5.74) is -0.121. The Kier molecular flexibility index (Phi) is 9.07. The molecular weight excluding hydrogens is 472 g/mol. The van der Waals surface area contributed by atoms with Gasteiger partial charge in [0.2, 0.25) is 0 Å². The fourth-order valence-electron chi connectivity index (χ4n) is 2.83. The Bertz CT molecular complexity index is 1150. The minimum Gasteiger partial charge on any atom is -0.496 e. The quantitative estimate of drug-likeness (QED) is 0.239. The second-order valence-electron chi connectivity index (χ2n) is 6.68. The monoisotopic (exact) mass is 496 g/mol. The first kappa shape index (κ1) is 26.3. The zero-order valence-electron chi connectivity index (χ0n) is 18.6. The molecule has 2 aromatic carbocycles. The number of ether oxygens (including phenoxy) is 4. The number of nitrogens with zero attached hydrogens (tertiary/aromatic N) is 1. The van der Waals surface area contributed by atoms with Crippen molar-refractivity contribution in [2.75, 3.05) is 32.7 Å². The van der Waals surface area contributed by atoms with Gasteiger partial charge in [-0.3, -0.25) is 19.6 Å². The van der Waals surface area contributed by atoms with Crippen LogP contribution >= 0.6 is 0 Å². The fourth-order valence-corrected chi connectivity index (χ4v) is 3.67. The van der Waals surface area contributed by atoms with Crippen molar-refractivity contribution in [2.24, 2.45) is 0 Å². The van der Waals surface area contributed by atoms with E-state index in [9.17, 15) is 23.3 Å². The normalized spacial score (nSPS) is 11.1. The van der Waals surface area contributed by atoms with Crippen molar-refractivity contribution in [2.45, 2.75) is 12.8 Å². The number of aliphatic carboxylic acids is 1. The summed E-state index contributed by atoms with van der Waals surface area (Å²) in [6.07, 6.45) is 1.50. The molecule has 12 nitrogen and oxygen atoms in total. The molecule has 0 fully saturated rings. The van der Waals surface area contributed by atoms with Crippen LogP contribution in [0.4, 0.5) is 11.4 Å². The molecule has 0 amide bonds. The van der Waals surface area contributed by atoms with Gasteiger partial charge in [0.1, 0.15) is 17.2 Å². The van der Waals surface area contributed by atoms with Gasteiger partial charge in [-0.05, 0) is 24.6 Å². The SMILES string of the molecule is COc1ccc(NS(=O)(=O)/C=C/c2c(OC)cc(OCCCC(=O)O)cc2OC)cc1[N+](=O)[O-]. The molecule has 0 aromatic heterocycles. The Morgan fingerprint density at radius 2 is 1.71 bits per heavy atom. The van der Waals surface area contributed by atoms with Crippen molar-refractivity contribution < 1.29 is 42.2 Å². The highest BCUT2D eigenvalue weighted by molar-refractivity contribution is 7.95. The van der Waals surface area contributed by atoms with E-state index in [4.69, 9.17) is 24.1 Å². The summed E-state index contributed by atoms with van der Waals surface area (Å²) in [5, 5.41) is 20.7. The predicted octanol–water partition coefficient (Wildman–Crippen LogP) is 3.28. The van der Waals surface area contributed by atoms with Crippen LogP contribution in [0.3, 0.4) is 0 Å². The molecule has 0 aliphatic heterocycles. The predicted molar refractivity (Wildman–Crippen MR) is 123 cm³/mol. The summed E-state index contributed by atoms with van der Waals surface area (Å²) in [4.78, 5) is 21.1. The standard InChI is InChI=1S/C21H24N2O10S/c1-30-18-7-6-14(11-17(18)23(26)27)22-34(28,29)10-8-16-19(31-2)12-15(13-20(16)32-3)33-9-4-5-21(24)25/h6-8,10-13,22H,4-5,9H2,1-3H3,(H,24,25)/b10-8+. The molecule has 13 heteroatoms. The fraction of sp³-hybridized carbons (Fsp3) is 0.286. The third-order valence-electron chi connectivity index (χ3n) is 4.37. The molecule has 0 spiro atoms. The van der Waals surface area contributed by atoms with Crippen molar-refractivity contribution in [1.29, 1.82) is 0 Å². The number of carboxylic acid groups (broad SMARTS) is 1. The molecule has 0 saturated carbocycles. The van der Waals surface area contributed by atoms with E-state index >= 15 is 0 Å². The topological polar surface area (TPSA) is 164 Å². The average molecular weight is 496 g/mol. The minimum absolute atomic E-state index is 0.0109. The molecule has 0 heterocycles. The first-order chi connectivity index (χ1) is 16.1. The van der Waals surface area contributed by atoms with Crippen molar-refractivity contribution >= 4 is 33.4 Å². The number of nitro groups is 1. The molecule has 2 aromatic rings. The highest BCUT2D eigenvalue weighted by atomic mass is 32.2. The van der Waals surface area contributed by atoms with Crippen LogP contribution < -0.4 is 23.7 Å². The van der Waals surface area contributed by atoms with Crippen LogP contribution in [-0.2, 0) is 14.8 Å². The third-order valence-corrected chi connectivity index (χ3v) is 5.39. The van der Waals surface area contributed by atoms with Crippen molar-refractivity contribution in [3.63, 3.8) is 0 Å². The third kappa shape index (κ3) is 7.27. The van der Waals surface area contributed by atoms with Gasteiger partial charge in [0.25, 0.3) is 10.0 Å². The lowest BCUT2D eigenvalue weighted by Crippen LogP contribution is -2.09. The van der Waals surface area contributed by atoms with Gasteiger partial charge < -0.3 is 24.1 Å². The lowest BCUT2D eigenvalue weighted by molar-refractivity contribution is -0.385. The zero-order valence-corrected chi connectivity index (χ0v) is 19.5. The summed E-state index contributed by atoms with van der Waals surface area (Å²) < 4.78 is 48.4. The maximum atomic E-state index is 12.6. The molecular formula is C21H24N2O10S. The number of methoxy groups -OCH3 is 3. The Labute approximate surface area is 195 Å². The first-order valence-electron chi connectivity index (χ1n) is 9.74. The smallest absolute Gasteiger partial charge is 0.312 e. The van der Waals surface area contributed by atoms with E-state index in [1.165, 1.54) is 51.7 Å². The van der Waals surface area contributed by atoms with E-state index < -0.39 is 26.6 Å². The van der Waals surface area contributed by atoms with Gasteiger partial charge in [-0.15, -0.1) is 0 Å².